The predicted molar refractivity (Wildman–Crippen MR) is 138 cm³/mol. The topological polar surface area (TPSA) is 17.8 Å². The minimum Gasteiger partial charge on any atom is -0.292 e. The van der Waals surface area contributed by atoms with E-state index in [0.717, 1.165) is 22.5 Å². The number of nitrogens with zero attached hydrogens (tertiary/aromatic N) is 2. The van der Waals surface area contributed by atoms with Crippen molar-refractivity contribution in [3.63, 3.8) is 0 Å². The summed E-state index contributed by atoms with van der Waals surface area (Å²) in [6, 6.07) is 30.5. The van der Waals surface area contributed by atoms with Gasteiger partial charge in [0.15, 0.2) is 0 Å². The van der Waals surface area contributed by atoms with E-state index >= 15 is 0 Å². The number of aromatic nitrogens is 2. The van der Waals surface area contributed by atoms with Crippen molar-refractivity contribution in [3.05, 3.63) is 95.9 Å². The molecule has 0 radical (unpaired) electrons. The van der Waals surface area contributed by atoms with Crippen LogP contribution in [0.25, 0.3) is 49.0 Å². The molecular weight excluding hydrogens is 408 g/mol. The zero-order valence-corrected chi connectivity index (χ0v) is 19.3. The fourth-order valence-electron chi connectivity index (χ4n) is 4.46. The van der Waals surface area contributed by atoms with E-state index in [0.29, 0.717) is 0 Å². The third-order valence-corrected chi connectivity index (χ3v) is 7.18. The van der Waals surface area contributed by atoms with Crippen LogP contribution >= 0.6 is 11.3 Å². The lowest BCUT2D eigenvalue weighted by Crippen LogP contribution is -2.11. The van der Waals surface area contributed by atoms with E-state index in [1.807, 2.05) is 0 Å². The molecule has 156 valence electrons. The Morgan fingerprint density at radius 2 is 1.47 bits per heavy atom. The average Bonchev–Trinajstić information content (AvgIpc) is 3.37. The van der Waals surface area contributed by atoms with Gasteiger partial charge in [0.2, 0.25) is 0 Å². The monoisotopic (exact) mass is 432 g/mol. The van der Waals surface area contributed by atoms with Crippen LogP contribution in [0.1, 0.15) is 26.3 Å². The van der Waals surface area contributed by atoms with Crippen LogP contribution in [0.2, 0.25) is 0 Å². The van der Waals surface area contributed by atoms with E-state index < -0.39 is 0 Å². The molecule has 6 aromatic rings. The number of benzene rings is 4. The van der Waals surface area contributed by atoms with E-state index in [4.69, 9.17) is 4.98 Å². The highest BCUT2D eigenvalue weighted by atomic mass is 32.1. The van der Waals surface area contributed by atoms with Crippen LogP contribution in [0.3, 0.4) is 0 Å². The smallest absolute Gasteiger partial charge is 0.147 e. The summed E-state index contributed by atoms with van der Waals surface area (Å²) in [4.78, 5) is 5.10. The lowest BCUT2D eigenvalue weighted by molar-refractivity contribution is 0.590. The summed E-state index contributed by atoms with van der Waals surface area (Å²) in [5.41, 5.74) is 5.94. The molecule has 2 nitrogen and oxygen atoms in total. The lowest BCUT2D eigenvalue weighted by Gasteiger charge is -2.19. The summed E-state index contributed by atoms with van der Waals surface area (Å²) in [5.74, 6) is 0.997. The molecule has 0 aliphatic heterocycles. The Morgan fingerprint density at radius 1 is 0.781 bits per heavy atom. The van der Waals surface area contributed by atoms with Crippen LogP contribution in [-0.4, -0.2) is 9.55 Å². The molecule has 0 bridgehead atoms. The van der Waals surface area contributed by atoms with Gasteiger partial charge >= 0.3 is 0 Å². The second kappa shape index (κ2) is 7.04. The molecule has 6 rings (SSSR count). The highest BCUT2D eigenvalue weighted by molar-refractivity contribution is 7.17. The molecule has 0 atom stereocenters. The van der Waals surface area contributed by atoms with Gasteiger partial charge in [-0.15, -0.1) is 11.3 Å². The zero-order valence-electron chi connectivity index (χ0n) is 18.5. The Bertz CT molecular complexity index is 1590. The summed E-state index contributed by atoms with van der Waals surface area (Å²) >= 11 is 1.79. The molecule has 2 heterocycles. The zero-order chi connectivity index (χ0) is 21.9. The van der Waals surface area contributed by atoms with Crippen LogP contribution in [0.15, 0.2) is 90.3 Å². The van der Waals surface area contributed by atoms with Crippen LogP contribution < -0.4 is 0 Å². The first-order chi connectivity index (χ1) is 15.5. The van der Waals surface area contributed by atoms with Gasteiger partial charge in [-0.3, -0.25) is 4.57 Å². The largest absolute Gasteiger partial charge is 0.292 e. The number of rotatable bonds is 2. The van der Waals surface area contributed by atoms with Crippen molar-refractivity contribution in [1.29, 1.82) is 0 Å². The number of thiophene rings is 1. The van der Waals surface area contributed by atoms with Crippen LogP contribution in [-0.2, 0) is 5.41 Å². The third-order valence-electron chi connectivity index (χ3n) is 6.24. The van der Waals surface area contributed by atoms with Crippen molar-refractivity contribution >= 4 is 43.2 Å². The molecule has 4 aromatic carbocycles. The Morgan fingerprint density at radius 3 is 2.22 bits per heavy atom. The molecule has 0 fully saturated rings. The maximum absolute atomic E-state index is 5.10. The Balaban J connectivity index is 1.62. The molecule has 0 unspecified atom stereocenters. The van der Waals surface area contributed by atoms with Crippen molar-refractivity contribution in [2.45, 2.75) is 26.2 Å². The summed E-state index contributed by atoms with van der Waals surface area (Å²) in [6.07, 6.45) is 0. The van der Waals surface area contributed by atoms with Crippen molar-refractivity contribution in [2.75, 3.05) is 0 Å². The first-order valence-corrected chi connectivity index (χ1v) is 11.9. The van der Waals surface area contributed by atoms with Gasteiger partial charge in [-0.1, -0.05) is 69.3 Å². The van der Waals surface area contributed by atoms with Gasteiger partial charge in [0.25, 0.3) is 0 Å². The Labute approximate surface area is 191 Å². The first kappa shape index (κ1) is 19.3. The highest BCUT2D eigenvalue weighted by Crippen LogP contribution is 2.38. The molecule has 0 amide bonds. The van der Waals surface area contributed by atoms with Gasteiger partial charge in [-0.2, -0.15) is 0 Å². The van der Waals surface area contributed by atoms with Crippen molar-refractivity contribution < 1.29 is 0 Å². The maximum Gasteiger partial charge on any atom is 0.147 e. The van der Waals surface area contributed by atoms with Crippen molar-refractivity contribution in [3.8, 4) is 17.1 Å². The number of hydrogen-bond donors (Lipinski definition) is 0. The molecule has 0 saturated carbocycles. The van der Waals surface area contributed by atoms with Crippen molar-refractivity contribution in [1.82, 2.24) is 9.55 Å². The summed E-state index contributed by atoms with van der Waals surface area (Å²) in [5, 5.41) is 6.05. The minimum atomic E-state index is 0.128. The second-order valence-electron chi connectivity index (χ2n) is 9.40. The van der Waals surface area contributed by atoms with E-state index in [1.165, 1.54) is 32.0 Å². The molecule has 2 aromatic heterocycles. The van der Waals surface area contributed by atoms with Crippen molar-refractivity contribution in [2.24, 2.45) is 0 Å². The minimum absolute atomic E-state index is 0.128. The van der Waals surface area contributed by atoms with Gasteiger partial charge in [0.1, 0.15) is 5.82 Å². The van der Waals surface area contributed by atoms with Gasteiger partial charge in [0.05, 0.1) is 11.0 Å². The summed E-state index contributed by atoms with van der Waals surface area (Å²) < 4.78 is 3.60. The number of hydrogen-bond acceptors (Lipinski definition) is 2. The lowest BCUT2D eigenvalue weighted by atomic mass is 9.87. The average molecular weight is 433 g/mol. The third kappa shape index (κ3) is 3.04. The Kier molecular flexibility index (Phi) is 4.24. The Hall–Kier alpha value is -3.43. The van der Waals surface area contributed by atoms with E-state index in [9.17, 15) is 0 Å². The fraction of sp³-hybridized carbons (Fsp3) is 0.138. The first-order valence-electron chi connectivity index (χ1n) is 11.0. The van der Waals surface area contributed by atoms with Gasteiger partial charge in [-0.25, -0.2) is 4.98 Å². The molecule has 0 saturated heterocycles. The second-order valence-corrected chi connectivity index (χ2v) is 10.3. The van der Waals surface area contributed by atoms with Gasteiger partial charge in [0, 0.05) is 26.7 Å². The summed E-state index contributed by atoms with van der Waals surface area (Å²) in [7, 11) is 0. The van der Waals surface area contributed by atoms with Gasteiger partial charge < -0.3 is 0 Å². The van der Waals surface area contributed by atoms with E-state index in [1.54, 1.807) is 11.3 Å². The molecule has 0 aliphatic carbocycles. The number of para-hydroxylation sites is 2. The summed E-state index contributed by atoms with van der Waals surface area (Å²) in [6.45, 7) is 6.76. The quantitative estimate of drug-likeness (QED) is 0.269. The van der Waals surface area contributed by atoms with E-state index in [-0.39, 0.29) is 5.41 Å². The molecule has 32 heavy (non-hydrogen) atoms. The van der Waals surface area contributed by atoms with Crippen LogP contribution in [0, 0.1) is 0 Å². The number of fused-ring (bicyclic) bond motifs is 3. The SMILES string of the molecule is CC(C)(C)c1ccc(-n2c(-c3csc4cc5ccccc5cc34)nc3ccccc32)cc1. The molecule has 3 heteroatoms. The predicted octanol–water partition coefficient (Wildman–Crippen LogP) is 8.36. The highest BCUT2D eigenvalue weighted by Gasteiger charge is 2.19. The van der Waals surface area contributed by atoms with Gasteiger partial charge in [-0.05, 0) is 58.1 Å². The fourth-order valence-corrected chi connectivity index (χ4v) is 5.43. The molecule has 0 aliphatic rings. The molecule has 0 spiro atoms. The number of imidazole rings is 1. The van der Waals surface area contributed by atoms with E-state index in [2.05, 4.69) is 116 Å². The van der Waals surface area contributed by atoms with Crippen LogP contribution in [0.4, 0.5) is 0 Å². The van der Waals surface area contributed by atoms with Crippen LogP contribution in [0.5, 0.6) is 0 Å². The maximum atomic E-state index is 5.10. The standard InChI is InChI=1S/C29H24N2S/c1-29(2,3)21-12-14-22(15-13-21)31-26-11-7-6-10-25(26)30-28(31)24-18-32-27-17-20-9-5-4-8-19(20)16-23(24)27/h4-18H,1-3H3. The normalized spacial score (nSPS) is 12.2. The molecule has 0 N–H and O–H groups in total. The molecular formula is C29H24N2S.